The zero-order valence-electron chi connectivity index (χ0n) is 16.9. The molecule has 1 aliphatic rings. The van der Waals surface area contributed by atoms with Crippen molar-refractivity contribution in [2.24, 2.45) is 0 Å². The number of likely N-dealkylation sites (N-methyl/N-ethyl adjacent to an activating group) is 1. The third-order valence-corrected chi connectivity index (χ3v) is 5.34. The summed E-state index contributed by atoms with van der Waals surface area (Å²) in [6.45, 7) is 9.09. The van der Waals surface area contributed by atoms with Crippen LogP contribution in [-0.4, -0.2) is 56.3 Å². The minimum Gasteiger partial charge on any atom is -0.337 e. The highest BCUT2D eigenvalue weighted by molar-refractivity contribution is 5.93. The van der Waals surface area contributed by atoms with Gasteiger partial charge in [0.15, 0.2) is 0 Å². The maximum Gasteiger partial charge on any atom is 0.263 e. The normalized spacial score (nSPS) is 17.3. The highest BCUT2D eigenvalue weighted by atomic mass is 16.2. The minimum absolute atomic E-state index is 0.113. The van der Waals surface area contributed by atoms with E-state index in [-0.39, 0.29) is 29.0 Å². The Labute approximate surface area is 165 Å². The van der Waals surface area contributed by atoms with Crippen LogP contribution < -0.4 is 5.56 Å². The van der Waals surface area contributed by atoms with E-state index in [4.69, 9.17) is 0 Å². The van der Waals surface area contributed by atoms with Gasteiger partial charge in [0.05, 0.1) is 0 Å². The first-order chi connectivity index (χ1) is 13.5. The lowest BCUT2D eigenvalue weighted by Gasteiger charge is -2.39. The molecule has 0 bridgehead atoms. The molecule has 28 heavy (non-hydrogen) atoms. The van der Waals surface area contributed by atoms with E-state index in [1.807, 2.05) is 26.0 Å². The van der Waals surface area contributed by atoms with Gasteiger partial charge >= 0.3 is 0 Å². The Bertz CT molecular complexity index is 849. The van der Waals surface area contributed by atoms with E-state index in [0.29, 0.717) is 18.9 Å². The lowest BCUT2D eigenvalue weighted by atomic mass is 10.0. The molecule has 1 N–H and O–H groups in total. The standard InChI is InChI=1S/C21H29N5O2/c1-4-25(13-16-7-9-22-10-8-16)17-6-5-11-26(14-17)21(28)18-12-23-19(15(2)3)24-20(18)27/h7-10,12,15,17H,4-6,11,13-14H2,1-3H3,(H,23,24,27)/t17-/m1/s1. The number of nitrogens with one attached hydrogen (secondary N) is 1. The van der Waals surface area contributed by atoms with Crippen LogP contribution in [0.5, 0.6) is 0 Å². The van der Waals surface area contributed by atoms with Gasteiger partial charge in [-0.25, -0.2) is 4.98 Å². The summed E-state index contributed by atoms with van der Waals surface area (Å²) in [7, 11) is 0. The van der Waals surface area contributed by atoms with Crippen molar-refractivity contribution >= 4 is 5.91 Å². The fourth-order valence-electron chi connectivity index (χ4n) is 3.68. The Kier molecular flexibility index (Phi) is 6.57. The van der Waals surface area contributed by atoms with E-state index >= 15 is 0 Å². The first-order valence-corrected chi connectivity index (χ1v) is 10.0. The lowest BCUT2D eigenvalue weighted by Crippen LogP contribution is -2.50. The van der Waals surface area contributed by atoms with Crippen molar-refractivity contribution in [3.8, 4) is 0 Å². The van der Waals surface area contributed by atoms with Crippen molar-refractivity contribution < 1.29 is 4.79 Å². The molecule has 1 aliphatic heterocycles. The summed E-state index contributed by atoms with van der Waals surface area (Å²) in [5.41, 5.74) is 0.988. The molecule has 7 heteroatoms. The third-order valence-electron chi connectivity index (χ3n) is 5.34. The minimum atomic E-state index is -0.352. The molecule has 0 radical (unpaired) electrons. The highest BCUT2D eigenvalue weighted by Gasteiger charge is 2.29. The van der Waals surface area contributed by atoms with Crippen LogP contribution in [0, 0.1) is 0 Å². The number of hydrogen-bond donors (Lipinski definition) is 1. The zero-order valence-corrected chi connectivity index (χ0v) is 16.9. The van der Waals surface area contributed by atoms with Crippen molar-refractivity contribution in [2.75, 3.05) is 19.6 Å². The molecule has 1 amide bonds. The van der Waals surface area contributed by atoms with Crippen LogP contribution in [0.3, 0.4) is 0 Å². The van der Waals surface area contributed by atoms with Gasteiger partial charge in [-0.3, -0.25) is 19.5 Å². The van der Waals surface area contributed by atoms with Gasteiger partial charge in [0.1, 0.15) is 11.4 Å². The van der Waals surface area contributed by atoms with Gasteiger partial charge in [0, 0.05) is 50.2 Å². The van der Waals surface area contributed by atoms with Crippen LogP contribution in [0.25, 0.3) is 0 Å². The van der Waals surface area contributed by atoms with Gasteiger partial charge in [-0.2, -0.15) is 0 Å². The summed E-state index contributed by atoms with van der Waals surface area (Å²) in [6, 6.07) is 4.32. The molecule has 0 unspecified atom stereocenters. The number of carbonyl (C=O) groups is 1. The van der Waals surface area contributed by atoms with Crippen molar-refractivity contribution in [3.05, 3.63) is 58.0 Å². The maximum atomic E-state index is 13.0. The molecule has 0 aromatic carbocycles. The smallest absolute Gasteiger partial charge is 0.263 e. The van der Waals surface area contributed by atoms with Crippen LogP contribution in [0.15, 0.2) is 35.5 Å². The van der Waals surface area contributed by atoms with E-state index < -0.39 is 0 Å². The summed E-state index contributed by atoms with van der Waals surface area (Å²) in [4.78, 5) is 40.6. The number of rotatable bonds is 6. The summed E-state index contributed by atoms with van der Waals surface area (Å²) in [5, 5.41) is 0. The first kappa shape index (κ1) is 20.2. The molecular formula is C21H29N5O2. The van der Waals surface area contributed by atoms with Crippen molar-refractivity contribution in [1.29, 1.82) is 0 Å². The quantitative estimate of drug-likeness (QED) is 0.828. The number of likely N-dealkylation sites (tertiary alicyclic amines) is 1. The van der Waals surface area contributed by atoms with Gasteiger partial charge in [0.2, 0.25) is 0 Å². The topological polar surface area (TPSA) is 82.2 Å². The molecule has 150 valence electrons. The number of pyridine rings is 1. The first-order valence-electron chi connectivity index (χ1n) is 10.0. The van der Waals surface area contributed by atoms with Gasteiger partial charge in [-0.1, -0.05) is 20.8 Å². The molecular weight excluding hydrogens is 354 g/mol. The summed E-state index contributed by atoms with van der Waals surface area (Å²) < 4.78 is 0. The summed E-state index contributed by atoms with van der Waals surface area (Å²) >= 11 is 0. The average molecular weight is 383 g/mol. The molecule has 0 aliphatic carbocycles. The molecule has 7 nitrogen and oxygen atoms in total. The number of nitrogens with zero attached hydrogens (tertiary/aromatic N) is 4. The molecule has 1 atom stereocenters. The molecule has 1 saturated heterocycles. The number of aromatic amines is 1. The average Bonchev–Trinajstić information content (AvgIpc) is 2.72. The van der Waals surface area contributed by atoms with Crippen LogP contribution >= 0.6 is 0 Å². The van der Waals surface area contributed by atoms with Gasteiger partial charge in [-0.15, -0.1) is 0 Å². The molecule has 2 aromatic rings. The van der Waals surface area contributed by atoms with Gasteiger partial charge in [0.25, 0.3) is 11.5 Å². The second kappa shape index (κ2) is 9.10. The van der Waals surface area contributed by atoms with Crippen molar-refractivity contribution in [2.45, 2.75) is 52.1 Å². The van der Waals surface area contributed by atoms with E-state index in [1.54, 1.807) is 17.3 Å². The monoisotopic (exact) mass is 383 g/mol. The van der Waals surface area contributed by atoms with Crippen LogP contribution in [-0.2, 0) is 6.54 Å². The Morgan fingerprint density at radius 2 is 2.11 bits per heavy atom. The van der Waals surface area contributed by atoms with Crippen LogP contribution in [0.1, 0.15) is 61.3 Å². The second-order valence-corrected chi connectivity index (χ2v) is 7.63. The number of amides is 1. The Hall–Kier alpha value is -2.54. The molecule has 1 fully saturated rings. The predicted octanol–water partition coefficient (Wildman–Crippen LogP) is 2.42. The Balaban J connectivity index is 1.71. The van der Waals surface area contributed by atoms with Crippen LogP contribution in [0.2, 0.25) is 0 Å². The summed E-state index contributed by atoms with van der Waals surface area (Å²) in [5.74, 6) is 0.490. The predicted molar refractivity (Wildman–Crippen MR) is 108 cm³/mol. The zero-order chi connectivity index (χ0) is 20.1. The number of carbonyl (C=O) groups excluding carboxylic acids is 1. The second-order valence-electron chi connectivity index (χ2n) is 7.63. The molecule has 0 spiro atoms. The molecule has 3 rings (SSSR count). The van der Waals surface area contributed by atoms with Gasteiger partial charge < -0.3 is 9.88 Å². The molecule has 0 saturated carbocycles. The van der Waals surface area contributed by atoms with E-state index in [0.717, 1.165) is 25.9 Å². The molecule has 2 aromatic heterocycles. The SMILES string of the molecule is CCN(Cc1ccncc1)[C@@H]1CCCN(C(=O)c2cnc(C(C)C)[nH]c2=O)C1. The molecule has 3 heterocycles. The summed E-state index contributed by atoms with van der Waals surface area (Å²) in [6.07, 6.45) is 7.01. The van der Waals surface area contributed by atoms with Crippen LogP contribution in [0.4, 0.5) is 0 Å². The highest BCUT2D eigenvalue weighted by Crippen LogP contribution is 2.19. The number of H-pyrrole nitrogens is 1. The number of hydrogen-bond acceptors (Lipinski definition) is 5. The van der Waals surface area contributed by atoms with E-state index in [2.05, 4.69) is 26.8 Å². The van der Waals surface area contributed by atoms with E-state index in [9.17, 15) is 9.59 Å². The fraction of sp³-hybridized carbons (Fsp3) is 0.524. The Morgan fingerprint density at radius 1 is 1.36 bits per heavy atom. The fourth-order valence-corrected chi connectivity index (χ4v) is 3.68. The lowest BCUT2D eigenvalue weighted by molar-refractivity contribution is 0.0567. The van der Waals surface area contributed by atoms with Gasteiger partial charge in [-0.05, 0) is 37.1 Å². The number of piperidine rings is 1. The largest absolute Gasteiger partial charge is 0.337 e. The maximum absolute atomic E-state index is 13.0. The Morgan fingerprint density at radius 3 is 2.75 bits per heavy atom. The van der Waals surface area contributed by atoms with Crippen molar-refractivity contribution in [1.82, 2.24) is 24.8 Å². The van der Waals surface area contributed by atoms with Crippen molar-refractivity contribution in [3.63, 3.8) is 0 Å². The van der Waals surface area contributed by atoms with E-state index in [1.165, 1.54) is 11.8 Å². The number of aromatic nitrogens is 3. The third kappa shape index (κ3) is 4.65.